The average molecular weight is 292 g/mol. The standard InChI is InChI=1S/C17H28N2O2/c1-4-10-19-11-5-6-14(9-12-19)18-16-8-7-15(20-2)13-17(16)21-3/h7-8,13-14,18H,4-6,9-12H2,1-3H3. The molecule has 0 aliphatic carbocycles. The maximum Gasteiger partial charge on any atom is 0.145 e. The predicted molar refractivity (Wildman–Crippen MR) is 87.5 cm³/mol. The van der Waals surface area contributed by atoms with Crippen LogP contribution in [-0.4, -0.2) is 44.8 Å². The number of hydrogen-bond donors (Lipinski definition) is 1. The molecule has 2 rings (SSSR count). The highest BCUT2D eigenvalue weighted by molar-refractivity contribution is 5.59. The first kappa shape index (κ1) is 16.0. The molecular formula is C17H28N2O2. The molecule has 1 heterocycles. The fourth-order valence-electron chi connectivity index (χ4n) is 2.98. The molecule has 0 aromatic heterocycles. The summed E-state index contributed by atoms with van der Waals surface area (Å²) in [6.07, 6.45) is 4.91. The van der Waals surface area contributed by atoms with Crippen LogP contribution in [0.15, 0.2) is 18.2 Å². The minimum absolute atomic E-state index is 0.522. The van der Waals surface area contributed by atoms with E-state index in [-0.39, 0.29) is 0 Å². The van der Waals surface area contributed by atoms with Gasteiger partial charge in [0, 0.05) is 18.7 Å². The third kappa shape index (κ3) is 4.53. The second-order valence-corrected chi connectivity index (χ2v) is 5.68. The lowest BCUT2D eigenvalue weighted by molar-refractivity contribution is 0.285. The molecule has 0 saturated carbocycles. The Morgan fingerprint density at radius 2 is 2.05 bits per heavy atom. The molecule has 0 spiro atoms. The monoisotopic (exact) mass is 292 g/mol. The zero-order valence-electron chi connectivity index (χ0n) is 13.5. The Labute approximate surface area is 128 Å². The summed E-state index contributed by atoms with van der Waals surface area (Å²) >= 11 is 0. The van der Waals surface area contributed by atoms with E-state index < -0.39 is 0 Å². The predicted octanol–water partition coefficient (Wildman–Crippen LogP) is 3.38. The molecule has 1 aliphatic heterocycles. The van der Waals surface area contributed by atoms with Crippen molar-refractivity contribution in [3.05, 3.63) is 18.2 Å². The van der Waals surface area contributed by atoms with E-state index in [0.717, 1.165) is 17.2 Å². The Hall–Kier alpha value is -1.42. The number of ether oxygens (including phenoxy) is 2. The highest BCUT2D eigenvalue weighted by Gasteiger charge is 2.17. The zero-order chi connectivity index (χ0) is 15.1. The molecule has 0 bridgehead atoms. The van der Waals surface area contributed by atoms with Crippen molar-refractivity contribution in [2.24, 2.45) is 0 Å². The molecule has 0 radical (unpaired) electrons. The van der Waals surface area contributed by atoms with E-state index in [1.165, 1.54) is 45.3 Å². The SMILES string of the molecule is CCCN1CCCC(Nc2ccc(OC)cc2OC)CC1. The lowest BCUT2D eigenvalue weighted by Crippen LogP contribution is -2.27. The molecule has 1 N–H and O–H groups in total. The van der Waals surface area contributed by atoms with Gasteiger partial charge in [-0.2, -0.15) is 0 Å². The summed E-state index contributed by atoms with van der Waals surface area (Å²) in [5.74, 6) is 1.68. The fraction of sp³-hybridized carbons (Fsp3) is 0.647. The van der Waals surface area contributed by atoms with Crippen LogP contribution in [0.25, 0.3) is 0 Å². The molecule has 1 aliphatic rings. The van der Waals surface area contributed by atoms with E-state index in [4.69, 9.17) is 9.47 Å². The van der Waals surface area contributed by atoms with Crippen LogP contribution in [0.1, 0.15) is 32.6 Å². The van der Waals surface area contributed by atoms with Gasteiger partial charge in [-0.15, -0.1) is 0 Å². The Kier molecular flexibility index (Phi) is 6.18. The van der Waals surface area contributed by atoms with E-state index in [1.54, 1.807) is 14.2 Å². The number of methoxy groups -OCH3 is 2. The van der Waals surface area contributed by atoms with Gasteiger partial charge in [-0.1, -0.05) is 6.92 Å². The molecular weight excluding hydrogens is 264 g/mol. The lowest BCUT2D eigenvalue weighted by atomic mass is 10.1. The van der Waals surface area contributed by atoms with E-state index in [1.807, 2.05) is 18.2 Å². The van der Waals surface area contributed by atoms with Gasteiger partial charge >= 0.3 is 0 Å². The van der Waals surface area contributed by atoms with Crippen molar-refractivity contribution in [2.45, 2.75) is 38.6 Å². The van der Waals surface area contributed by atoms with Crippen molar-refractivity contribution >= 4 is 5.69 Å². The van der Waals surface area contributed by atoms with Crippen molar-refractivity contribution in [3.8, 4) is 11.5 Å². The number of likely N-dealkylation sites (tertiary alicyclic amines) is 1. The van der Waals surface area contributed by atoms with Gasteiger partial charge in [0.05, 0.1) is 19.9 Å². The van der Waals surface area contributed by atoms with Gasteiger partial charge in [0.15, 0.2) is 0 Å². The largest absolute Gasteiger partial charge is 0.497 e. The van der Waals surface area contributed by atoms with Crippen LogP contribution in [0, 0.1) is 0 Å². The van der Waals surface area contributed by atoms with Crippen molar-refractivity contribution < 1.29 is 9.47 Å². The summed E-state index contributed by atoms with van der Waals surface area (Å²) in [5, 5.41) is 3.65. The summed E-state index contributed by atoms with van der Waals surface area (Å²) in [6.45, 7) is 5.89. The molecule has 1 aromatic carbocycles. The minimum Gasteiger partial charge on any atom is -0.497 e. The van der Waals surface area contributed by atoms with E-state index in [0.29, 0.717) is 6.04 Å². The Morgan fingerprint density at radius 1 is 1.19 bits per heavy atom. The molecule has 1 fully saturated rings. The van der Waals surface area contributed by atoms with E-state index >= 15 is 0 Å². The van der Waals surface area contributed by atoms with Gasteiger partial charge in [0.1, 0.15) is 11.5 Å². The van der Waals surface area contributed by atoms with Gasteiger partial charge in [0.2, 0.25) is 0 Å². The molecule has 1 atom stereocenters. The summed E-state index contributed by atoms with van der Waals surface area (Å²) in [4.78, 5) is 2.58. The maximum absolute atomic E-state index is 5.47. The number of nitrogens with zero attached hydrogens (tertiary/aromatic N) is 1. The molecule has 21 heavy (non-hydrogen) atoms. The Morgan fingerprint density at radius 3 is 2.76 bits per heavy atom. The molecule has 4 nitrogen and oxygen atoms in total. The molecule has 4 heteroatoms. The normalized spacial score (nSPS) is 19.9. The van der Waals surface area contributed by atoms with Crippen molar-refractivity contribution in [1.82, 2.24) is 4.90 Å². The van der Waals surface area contributed by atoms with Gasteiger partial charge in [0.25, 0.3) is 0 Å². The van der Waals surface area contributed by atoms with E-state index in [9.17, 15) is 0 Å². The van der Waals surface area contributed by atoms with Crippen LogP contribution in [0.2, 0.25) is 0 Å². The average Bonchev–Trinajstić information content (AvgIpc) is 2.73. The van der Waals surface area contributed by atoms with Crippen LogP contribution in [0.5, 0.6) is 11.5 Å². The van der Waals surface area contributed by atoms with Gasteiger partial charge in [-0.3, -0.25) is 0 Å². The molecule has 1 saturated heterocycles. The van der Waals surface area contributed by atoms with Gasteiger partial charge < -0.3 is 19.7 Å². The Balaban J connectivity index is 1.98. The zero-order valence-corrected chi connectivity index (χ0v) is 13.5. The fourth-order valence-corrected chi connectivity index (χ4v) is 2.98. The van der Waals surface area contributed by atoms with Crippen LogP contribution < -0.4 is 14.8 Å². The topological polar surface area (TPSA) is 33.7 Å². The molecule has 1 unspecified atom stereocenters. The quantitative estimate of drug-likeness (QED) is 0.871. The number of rotatable bonds is 6. The smallest absolute Gasteiger partial charge is 0.145 e. The third-order valence-corrected chi connectivity index (χ3v) is 4.13. The molecule has 118 valence electrons. The first-order valence-corrected chi connectivity index (χ1v) is 7.97. The first-order valence-electron chi connectivity index (χ1n) is 7.97. The minimum atomic E-state index is 0.522. The summed E-state index contributed by atoms with van der Waals surface area (Å²) in [6, 6.07) is 6.48. The van der Waals surface area contributed by atoms with Gasteiger partial charge in [-0.05, 0) is 50.9 Å². The third-order valence-electron chi connectivity index (χ3n) is 4.13. The Bertz CT molecular complexity index is 437. The number of benzene rings is 1. The highest BCUT2D eigenvalue weighted by Crippen LogP contribution is 2.30. The van der Waals surface area contributed by atoms with Crippen LogP contribution in [0.3, 0.4) is 0 Å². The second-order valence-electron chi connectivity index (χ2n) is 5.68. The summed E-state index contributed by atoms with van der Waals surface area (Å²) in [7, 11) is 3.38. The number of hydrogen-bond acceptors (Lipinski definition) is 4. The maximum atomic E-state index is 5.47. The summed E-state index contributed by atoms with van der Waals surface area (Å²) < 4.78 is 10.7. The molecule has 1 aromatic rings. The lowest BCUT2D eigenvalue weighted by Gasteiger charge is -2.21. The van der Waals surface area contributed by atoms with Crippen LogP contribution in [0.4, 0.5) is 5.69 Å². The van der Waals surface area contributed by atoms with Crippen LogP contribution in [-0.2, 0) is 0 Å². The number of nitrogens with one attached hydrogen (secondary N) is 1. The van der Waals surface area contributed by atoms with Crippen LogP contribution >= 0.6 is 0 Å². The summed E-state index contributed by atoms with van der Waals surface area (Å²) in [5.41, 5.74) is 1.06. The van der Waals surface area contributed by atoms with Gasteiger partial charge in [-0.25, -0.2) is 0 Å². The first-order chi connectivity index (χ1) is 10.3. The van der Waals surface area contributed by atoms with Crippen molar-refractivity contribution in [1.29, 1.82) is 0 Å². The van der Waals surface area contributed by atoms with E-state index in [2.05, 4.69) is 17.1 Å². The highest BCUT2D eigenvalue weighted by atomic mass is 16.5. The van der Waals surface area contributed by atoms with Crippen molar-refractivity contribution in [2.75, 3.05) is 39.2 Å². The van der Waals surface area contributed by atoms with Crippen molar-refractivity contribution in [3.63, 3.8) is 0 Å². The number of anilines is 1. The molecule has 0 amide bonds. The second kappa shape index (κ2) is 8.13.